The molecule has 0 spiro atoms. The van der Waals surface area contributed by atoms with E-state index >= 15 is 0 Å². The van der Waals surface area contributed by atoms with Gasteiger partial charge in [-0.3, -0.25) is 9.97 Å². The van der Waals surface area contributed by atoms with Crippen molar-refractivity contribution < 1.29 is 4.74 Å². The summed E-state index contributed by atoms with van der Waals surface area (Å²) in [5.41, 5.74) is 2.03. The highest BCUT2D eigenvalue weighted by Gasteiger charge is 2.25. The lowest BCUT2D eigenvalue weighted by molar-refractivity contribution is 0.0661. The minimum Gasteiger partial charge on any atom is -0.375 e. The van der Waals surface area contributed by atoms with Crippen LogP contribution in [-0.2, 0) is 4.74 Å². The molecule has 0 aliphatic heterocycles. The fourth-order valence-corrected chi connectivity index (χ4v) is 2.25. The maximum Gasteiger partial charge on any atom is 0.103 e. The molecule has 1 N–H and O–H groups in total. The number of nitrogens with one attached hydrogen (secondary N) is 1. The van der Waals surface area contributed by atoms with Crippen LogP contribution in [0.25, 0.3) is 0 Å². The van der Waals surface area contributed by atoms with E-state index in [9.17, 15) is 0 Å². The molecule has 1 aromatic heterocycles. The maximum absolute atomic E-state index is 5.72. The molecule has 0 saturated carbocycles. The van der Waals surface area contributed by atoms with Gasteiger partial charge in [0.05, 0.1) is 17.9 Å². The van der Waals surface area contributed by atoms with E-state index in [0.717, 1.165) is 24.2 Å². The van der Waals surface area contributed by atoms with Crippen LogP contribution in [-0.4, -0.2) is 23.6 Å². The van der Waals surface area contributed by atoms with E-state index in [0.29, 0.717) is 0 Å². The second-order valence-corrected chi connectivity index (χ2v) is 4.63. The van der Waals surface area contributed by atoms with Gasteiger partial charge in [-0.25, -0.2) is 0 Å². The average Bonchev–Trinajstić information content (AvgIpc) is 2.53. The monoisotopic (exact) mass is 271 g/mol. The number of hydrogen-bond donors (Lipinski definition) is 1. The molecule has 2 atom stereocenters. The standard InChI is InChI=1S/C16H21N3O/c1-3-9-19-15(14-12-17-10-11-18-14)16(20-2)13-7-5-4-6-8-13/h4-8,10-12,15-16,19H,3,9H2,1-2H3. The number of aromatic nitrogens is 2. The summed E-state index contributed by atoms with van der Waals surface area (Å²) in [6, 6.07) is 10.2. The van der Waals surface area contributed by atoms with Crippen LogP contribution in [0.15, 0.2) is 48.9 Å². The third-order valence-corrected chi connectivity index (χ3v) is 3.20. The first kappa shape index (κ1) is 14.6. The molecule has 106 valence electrons. The second-order valence-electron chi connectivity index (χ2n) is 4.63. The zero-order chi connectivity index (χ0) is 14.2. The van der Waals surface area contributed by atoms with E-state index < -0.39 is 0 Å². The number of nitrogens with zero attached hydrogens (tertiary/aromatic N) is 2. The van der Waals surface area contributed by atoms with Crippen molar-refractivity contribution in [3.05, 3.63) is 60.2 Å². The topological polar surface area (TPSA) is 47.0 Å². The van der Waals surface area contributed by atoms with Crippen LogP contribution in [0.4, 0.5) is 0 Å². The zero-order valence-electron chi connectivity index (χ0n) is 12.0. The fraction of sp³-hybridized carbons (Fsp3) is 0.375. The number of hydrogen-bond acceptors (Lipinski definition) is 4. The molecule has 2 rings (SSSR count). The van der Waals surface area contributed by atoms with Crippen molar-refractivity contribution in [1.29, 1.82) is 0 Å². The molecule has 0 radical (unpaired) electrons. The first-order valence-corrected chi connectivity index (χ1v) is 6.93. The van der Waals surface area contributed by atoms with Crippen LogP contribution in [0, 0.1) is 0 Å². The van der Waals surface area contributed by atoms with Gasteiger partial charge in [0.1, 0.15) is 6.10 Å². The summed E-state index contributed by atoms with van der Waals surface area (Å²) < 4.78 is 5.72. The number of benzene rings is 1. The molecule has 2 unspecified atom stereocenters. The lowest BCUT2D eigenvalue weighted by Crippen LogP contribution is -2.29. The molecule has 0 bridgehead atoms. The predicted octanol–water partition coefficient (Wildman–Crippen LogP) is 2.91. The van der Waals surface area contributed by atoms with Gasteiger partial charge in [0, 0.05) is 19.5 Å². The van der Waals surface area contributed by atoms with Crippen LogP contribution < -0.4 is 5.32 Å². The highest BCUT2D eigenvalue weighted by molar-refractivity contribution is 5.22. The molecule has 0 aliphatic carbocycles. The van der Waals surface area contributed by atoms with Gasteiger partial charge in [-0.05, 0) is 18.5 Å². The summed E-state index contributed by atoms with van der Waals surface area (Å²) in [4.78, 5) is 8.59. The van der Waals surface area contributed by atoms with Crippen LogP contribution >= 0.6 is 0 Å². The minimum absolute atomic E-state index is 0.00366. The van der Waals surface area contributed by atoms with Crippen molar-refractivity contribution in [1.82, 2.24) is 15.3 Å². The van der Waals surface area contributed by atoms with E-state index in [-0.39, 0.29) is 12.1 Å². The molecule has 4 nitrogen and oxygen atoms in total. The molecule has 0 aliphatic rings. The Morgan fingerprint density at radius 1 is 1.20 bits per heavy atom. The van der Waals surface area contributed by atoms with Gasteiger partial charge in [0.2, 0.25) is 0 Å². The van der Waals surface area contributed by atoms with Gasteiger partial charge in [-0.1, -0.05) is 37.3 Å². The summed E-state index contributed by atoms with van der Waals surface area (Å²) in [7, 11) is 1.73. The Labute approximate surface area is 120 Å². The number of ether oxygens (including phenoxy) is 1. The van der Waals surface area contributed by atoms with Gasteiger partial charge in [0.15, 0.2) is 0 Å². The molecule has 20 heavy (non-hydrogen) atoms. The molecule has 1 heterocycles. The maximum atomic E-state index is 5.72. The lowest BCUT2D eigenvalue weighted by atomic mass is 9.99. The molecular formula is C16H21N3O. The van der Waals surface area contributed by atoms with Crippen molar-refractivity contribution in [3.63, 3.8) is 0 Å². The van der Waals surface area contributed by atoms with Gasteiger partial charge < -0.3 is 10.1 Å². The van der Waals surface area contributed by atoms with E-state index in [2.05, 4.69) is 34.3 Å². The van der Waals surface area contributed by atoms with Gasteiger partial charge in [-0.2, -0.15) is 0 Å². The van der Waals surface area contributed by atoms with Crippen LogP contribution in [0.1, 0.15) is 36.7 Å². The summed E-state index contributed by atoms with van der Waals surface area (Å²) >= 11 is 0. The highest BCUT2D eigenvalue weighted by Crippen LogP contribution is 2.30. The second kappa shape index (κ2) is 7.72. The van der Waals surface area contributed by atoms with Crippen molar-refractivity contribution in [2.24, 2.45) is 0 Å². The average molecular weight is 271 g/mol. The van der Waals surface area contributed by atoms with Crippen molar-refractivity contribution >= 4 is 0 Å². The third kappa shape index (κ3) is 3.62. The third-order valence-electron chi connectivity index (χ3n) is 3.20. The Morgan fingerprint density at radius 2 is 2.00 bits per heavy atom. The quantitative estimate of drug-likeness (QED) is 0.841. The smallest absolute Gasteiger partial charge is 0.103 e. The Bertz CT molecular complexity index is 490. The van der Waals surface area contributed by atoms with Crippen LogP contribution in [0.3, 0.4) is 0 Å². The van der Waals surface area contributed by atoms with Gasteiger partial charge in [-0.15, -0.1) is 0 Å². The Balaban J connectivity index is 2.29. The molecular weight excluding hydrogens is 250 g/mol. The molecule has 1 aromatic carbocycles. The van der Waals surface area contributed by atoms with Crippen molar-refractivity contribution in [3.8, 4) is 0 Å². The van der Waals surface area contributed by atoms with Crippen LogP contribution in [0.2, 0.25) is 0 Å². The largest absolute Gasteiger partial charge is 0.375 e. The van der Waals surface area contributed by atoms with Crippen LogP contribution in [0.5, 0.6) is 0 Å². The van der Waals surface area contributed by atoms with Crippen molar-refractivity contribution in [2.75, 3.05) is 13.7 Å². The Hall–Kier alpha value is -1.78. The number of rotatable bonds is 7. The summed E-state index contributed by atoms with van der Waals surface area (Å²) in [6.07, 6.45) is 6.17. The minimum atomic E-state index is -0.0838. The van der Waals surface area contributed by atoms with E-state index in [1.54, 1.807) is 25.7 Å². The first-order valence-electron chi connectivity index (χ1n) is 6.93. The first-order chi connectivity index (χ1) is 9.86. The molecule has 0 saturated heterocycles. The fourth-order valence-electron chi connectivity index (χ4n) is 2.25. The SMILES string of the molecule is CCCNC(c1cnccn1)C(OC)c1ccccc1. The summed E-state index contributed by atoms with van der Waals surface area (Å²) in [5.74, 6) is 0. The zero-order valence-corrected chi connectivity index (χ0v) is 12.0. The van der Waals surface area contributed by atoms with Gasteiger partial charge in [0.25, 0.3) is 0 Å². The Morgan fingerprint density at radius 3 is 2.60 bits per heavy atom. The molecule has 4 heteroatoms. The lowest BCUT2D eigenvalue weighted by Gasteiger charge is -2.26. The van der Waals surface area contributed by atoms with E-state index in [4.69, 9.17) is 4.74 Å². The summed E-state index contributed by atoms with van der Waals surface area (Å²) in [5, 5.41) is 3.51. The normalized spacial score (nSPS) is 13.9. The van der Waals surface area contributed by atoms with E-state index in [1.165, 1.54) is 0 Å². The van der Waals surface area contributed by atoms with Crippen molar-refractivity contribution in [2.45, 2.75) is 25.5 Å². The molecule has 0 amide bonds. The molecule has 0 fully saturated rings. The molecule has 2 aromatic rings. The predicted molar refractivity (Wildman–Crippen MR) is 79.3 cm³/mol. The Kier molecular flexibility index (Phi) is 5.65. The van der Waals surface area contributed by atoms with Gasteiger partial charge >= 0.3 is 0 Å². The highest BCUT2D eigenvalue weighted by atomic mass is 16.5. The number of methoxy groups -OCH3 is 1. The summed E-state index contributed by atoms with van der Waals surface area (Å²) in [6.45, 7) is 3.05. The van der Waals surface area contributed by atoms with E-state index in [1.807, 2.05) is 18.2 Å².